The zero-order chi connectivity index (χ0) is 24.6. The second-order valence-corrected chi connectivity index (χ2v) is 8.70. The van der Waals surface area contributed by atoms with Crippen LogP contribution in [0.25, 0.3) is 0 Å². The highest BCUT2D eigenvalue weighted by Gasteiger charge is 2.25. The quantitative estimate of drug-likeness (QED) is 0.533. The van der Waals surface area contributed by atoms with Crippen LogP contribution in [0.3, 0.4) is 0 Å². The zero-order valence-corrected chi connectivity index (χ0v) is 20.2. The van der Waals surface area contributed by atoms with Crippen molar-refractivity contribution in [2.45, 2.75) is 27.2 Å². The number of carbonyl (C=O) groups is 3. The van der Waals surface area contributed by atoms with Crippen molar-refractivity contribution >= 4 is 35.1 Å². The van der Waals surface area contributed by atoms with Gasteiger partial charge in [0.05, 0.1) is 25.5 Å². The van der Waals surface area contributed by atoms with Gasteiger partial charge in [-0.15, -0.1) is 0 Å². The maximum absolute atomic E-state index is 12.7. The molecule has 0 aliphatic carbocycles. The fraction of sp³-hybridized carbons (Fsp3) is 0.375. The standard InChI is InChI=1S/C24H29ClN2O6/c1-24(2,3)23(30)27-18-13-20(32-5)19(31-4)12-17(18)22(29)33-14-21(28)26-10-9-15-7-6-8-16(25)11-15/h6-8,11-13H,9-10,14H2,1-5H3,(H,26,28)(H,27,30). The number of nitrogens with one attached hydrogen (secondary N) is 2. The summed E-state index contributed by atoms with van der Waals surface area (Å²) < 4.78 is 15.7. The second-order valence-electron chi connectivity index (χ2n) is 8.26. The minimum Gasteiger partial charge on any atom is -0.493 e. The van der Waals surface area contributed by atoms with E-state index in [1.165, 1.54) is 26.4 Å². The number of hydrogen-bond acceptors (Lipinski definition) is 6. The maximum atomic E-state index is 12.7. The maximum Gasteiger partial charge on any atom is 0.340 e. The summed E-state index contributed by atoms with van der Waals surface area (Å²) in [4.78, 5) is 37.3. The minimum atomic E-state index is -0.787. The molecule has 0 saturated heterocycles. The molecule has 0 spiro atoms. The van der Waals surface area contributed by atoms with Crippen molar-refractivity contribution in [3.8, 4) is 11.5 Å². The largest absolute Gasteiger partial charge is 0.493 e. The lowest BCUT2D eigenvalue weighted by atomic mass is 9.95. The summed E-state index contributed by atoms with van der Waals surface area (Å²) in [6.45, 7) is 5.12. The van der Waals surface area contributed by atoms with Crippen molar-refractivity contribution in [2.75, 3.05) is 32.7 Å². The molecular weight excluding hydrogens is 448 g/mol. The topological polar surface area (TPSA) is 103 Å². The molecule has 0 saturated carbocycles. The van der Waals surface area contributed by atoms with Crippen molar-refractivity contribution < 1.29 is 28.6 Å². The Bertz CT molecular complexity index is 1020. The number of esters is 1. The van der Waals surface area contributed by atoms with E-state index in [1.807, 2.05) is 18.2 Å². The highest BCUT2D eigenvalue weighted by Crippen LogP contribution is 2.34. The molecule has 0 aliphatic heterocycles. The lowest BCUT2D eigenvalue weighted by Gasteiger charge is -2.20. The Morgan fingerprint density at radius 2 is 1.67 bits per heavy atom. The predicted molar refractivity (Wildman–Crippen MR) is 126 cm³/mol. The number of halogens is 1. The molecule has 2 aromatic carbocycles. The van der Waals surface area contributed by atoms with Crippen LogP contribution in [0.4, 0.5) is 5.69 Å². The van der Waals surface area contributed by atoms with E-state index < -0.39 is 23.9 Å². The Kier molecular flexibility index (Phi) is 9.11. The minimum absolute atomic E-state index is 0.0389. The molecule has 0 atom stereocenters. The van der Waals surface area contributed by atoms with Crippen LogP contribution in [-0.2, 0) is 20.7 Å². The van der Waals surface area contributed by atoms with E-state index in [0.717, 1.165) is 5.56 Å². The first kappa shape index (κ1) is 26.0. The van der Waals surface area contributed by atoms with E-state index in [4.69, 9.17) is 25.8 Å². The smallest absolute Gasteiger partial charge is 0.340 e. The first-order valence-corrected chi connectivity index (χ1v) is 10.7. The monoisotopic (exact) mass is 476 g/mol. The van der Waals surface area contributed by atoms with Crippen molar-refractivity contribution in [2.24, 2.45) is 5.41 Å². The van der Waals surface area contributed by atoms with Crippen LogP contribution < -0.4 is 20.1 Å². The lowest BCUT2D eigenvalue weighted by Crippen LogP contribution is -2.31. The number of methoxy groups -OCH3 is 2. The van der Waals surface area contributed by atoms with Gasteiger partial charge < -0.3 is 24.8 Å². The fourth-order valence-electron chi connectivity index (χ4n) is 2.76. The summed E-state index contributed by atoms with van der Waals surface area (Å²) in [5.74, 6) is -0.931. The van der Waals surface area contributed by atoms with Gasteiger partial charge in [0.1, 0.15) is 0 Å². The summed E-state index contributed by atoms with van der Waals surface area (Å²) in [5.41, 5.74) is 0.511. The van der Waals surface area contributed by atoms with E-state index in [0.29, 0.717) is 23.7 Å². The van der Waals surface area contributed by atoms with Gasteiger partial charge in [0.25, 0.3) is 5.91 Å². The summed E-state index contributed by atoms with van der Waals surface area (Å²) in [6, 6.07) is 10.2. The van der Waals surface area contributed by atoms with Crippen LogP contribution in [0.15, 0.2) is 36.4 Å². The Balaban J connectivity index is 2.05. The SMILES string of the molecule is COc1cc(NC(=O)C(C)(C)C)c(C(=O)OCC(=O)NCCc2cccc(Cl)c2)cc1OC. The van der Waals surface area contributed by atoms with Gasteiger partial charge >= 0.3 is 5.97 Å². The Labute approximate surface area is 198 Å². The molecule has 0 aromatic heterocycles. The summed E-state index contributed by atoms with van der Waals surface area (Å²) >= 11 is 5.95. The third-order valence-electron chi connectivity index (χ3n) is 4.63. The van der Waals surface area contributed by atoms with Gasteiger partial charge in [0.15, 0.2) is 18.1 Å². The van der Waals surface area contributed by atoms with Gasteiger partial charge in [0.2, 0.25) is 5.91 Å². The highest BCUT2D eigenvalue weighted by molar-refractivity contribution is 6.30. The molecule has 8 nitrogen and oxygen atoms in total. The molecule has 0 bridgehead atoms. The normalized spacial score (nSPS) is 10.8. The average Bonchev–Trinajstić information content (AvgIpc) is 2.76. The number of hydrogen-bond donors (Lipinski definition) is 2. The zero-order valence-electron chi connectivity index (χ0n) is 19.4. The van der Waals surface area contributed by atoms with E-state index in [-0.39, 0.29) is 22.9 Å². The molecule has 33 heavy (non-hydrogen) atoms. The fourth-order valence-corrected chi connectivity index (χ4v) is 2.97. The molecule has 0 heterocycles. The van der Waals surface area contributed by atoms with Gasteiger partial charge in [-0.25, -0.2) is 4.79 Å². The van der Waals surface area contributed by atoms with E-state index in [2.05, 4.69) is 10.6 Å². The van der Waals surface area contributed by atoms with Crippen LogP contribution in [0.1, 0.15) is 36.7 Å². The van der Waals surface area contributed by atoms with Crippen LogP contribution in [0.5, 0.6) is 11.5 Å². The molecule has 0 fully saturated rings. The Morgan fingerprint density at radius 1 is 1.00 bits per heavy atom. The summed E-state index contributed by atoms with van der Waals surface area (Å²) in [7, 11) is 2.87. The summed E-state index contributed by atoms with van der Waals surface area (Å²) in [6.07, 6.45) is 0.582. The first-order chi connectivity index (χ1) is 15.5. The first-order valence-electron chi connectivity index (χ1n) is 10.3. The van der Waals surface area contributed by atoms with Crippen LogP contribution >= 0.6 is 11.6 Å². The highest BCUT2D eigenvalue weighted by atomic mass is 35.5. The van der Waals surface area contributed by atoms with Crippen molar-refractivity contribution in [3.05, 3.63) is 52.5 Å². The van der Waals surface area contributed by atoms with Crippen LogP contribution in [0, 0.1) is 5.41 Å². The molecule has 0 unspecified atom stereocenters. The van der Waals surface area contributed by atoms with Crippen molar-refractivity contribution in [3.63, 3.8) is 0 Å². The van der Waals surface area contributed by atoms with Gasteiger partial charge in [-0.05, 0) is 24.1 Å². The Morgan fingerprint density at radius 3 is 2.27 bits per heavy atom. The number of anilines is 1. The number of benzene rings is 2. The lowest BCUT2D eigenvalue weighted by molar-refractivity contribution is -0.124. The third-order valence-corrected chi connectivity index (χ3v) is 4.87. The molecule has 2 amide bonds. The molecule has 178 valence electrons. The molecule has 9 heteroatoms. The summed E-state index contributed by atoms with van der Waals surface area (Å²) in [5, 5.41) is 6.03. The average molecular weight is 477 g/mol. The number of ether oxygens (including phenoxy) is 3. The van der Waals surface area contributed by atoms with E-state index in [9.17, 15) is 14.4 Å². The van der Waals surface area contributed by atoms with Crippen LogP contribution in [0.2, 0.25) is 5.02 Å². The van der Waals surface area contributed by atoms with Gasteiger partial charge in [-0.2, -0.15) is 0 Å². The molecular formula is C24H29ClN2O6. The third kappa shape index (κ3) is 7.68. The molecule has 2 N–H and O–H groups in total. The van der Waals surface area contributed by atoms with E-state index in [1.54, 1.807) is 26.8 Å². The second kappa shape index (κ2) is 11.6. The number of amides is 2. The van der Waals surface area contributed by atoms with Crippen molar-refractivity contribution in [1.82, 2.24) is 5.32 Å². The molecule has 0 radical (unpaired) electrons. The van der Waals surface area contributed by atoms with Gasteiger partial charge in [-0.1, -0.05) is 44.5 Å². The Hall–Kier alpha value is -3.26. The molecule has 2 rings (SSSR count). The molecule has 0 aliphatic rings. The van der Waals surface area contributed by atoms with Crippen molar-refractivity contribution in [1.29, 1.82) is 0 Å². The van der Waals surface area contributed by atoms with Crippen LogP contribution in [-0.4, -0.2) is 45.2 Å². The predicted octanol–water partition coefficient (Wildman–Crippen LogP) is 3.86. The number of carbonyl (C=O) groups excluding carboxylic acids is 3. The van der Waals surface area contributed by atoms with Gasteiger partial charge in [0, 0.05) is 29.1 Å². The molecule has 2 aromatic rings. The van der Waals surface area contributed by atoms with E-state index >= 15 is 0 Å². The number of rotatable bonds is 9. The van der Waals surface area contributed by atoms with Gasteiger partial charge in [-0.3, -0.25) is 9.59 Å².